The summed E-state index contributed by atoms with van der Waals surface area (Å²) in [4.78, 5) is 37.2. The maximum atomic E-state index is 13.1. The molecule has 178 valence electrons. The minimum absolute atomic E-state index is 0.0246. The van der Waals surface area contributed by atoms with E-state index in [1.165, 1.54) is 25.3 Å². The lowest BCUT2D eigenvalue weighted by molar-refractivity contribution is -0.112. The highest BCUT2D eigenvalue weighted by molar-refractivity contribution is 6.07. The molecule has 9 heteroatoms. The van der Waals surface area contributed by atoms with Crippen molar-refractivity contribution in [2.75, 3.05) is 19.0 Å². The number of nitrogens with one attached hydrogen (secondary N) is 1. The van der Waals surface area contributed by atoms with Gasteiger partial charge in [0.25, 0.3) is 5.91 Å². The van der Waals surface area contributed by atoms with E-state index in [0.29, 0.717) is 11.3 Å². The molecule has 0 spiro atoms. The molecule has 0 aliphatic heterocycles. The molecule has 0 saturated heterocycles. The summed E-state index contributed by atoms with van der Waals surface area (Å²) in [6, 6.07) is 19.2. The zero-order chi connectivity index (χ0) is 25.4. The van der Waals surface area contributed by atoms with Gasteiger partial charge in [0.15, 0.2) is 17.2 Å². The smallest absolute Gasteiger partial charge is 0.340 e. The number of amides is 1. The Morgan fingerprint density at radius 3 is 2.23 bits per heavy atom. The van der Waals surface area contributed by atoms with E-state index in [-0.39, 0.29) is 16.8 Å². The van der Waals surface area contributed by atoms with Crippen molar-refractivity contribution in [3.63, 3.8) is 0 Å². The number of methoxy groups -OCH3 is 1. The molecule has 1 amide bonds. The molecule has 3 aromatic rings. The predicted molar refractivity (Wildman–Crippen MR) is 130 cm³/mol. The van der Waals surface area contributed by atoms with Crippen LogP contribution in [-0.4, -0.2) is 41.6 Å². The summed E-state index contributed by atoms with van der Waals surface area (Å²) < 4.78 is 4.75. The number of aliphatic hydroxyl groups is 2. The highest BCUT2D eigenvalue weighted by Crippen LogP contribution is 2.26. The van der Waals surface area contributed by atoms with Gasteiger partial charge in [-0.3, -0.25) is 9.59 Å². The van der Waals surface area contributed by atoms with Crippen molar-refractivity contribution in [1.82, 2.24) is 0 Å². The minimum atomic E-state index is -0.750. The van der Waals surface area contributed by atoms with Gasteiger partial charge in [0.05, 0.1) is 12.7 Å². The number of aryl methyl sites for hydroxylation is 1. The number of ether oxygens (including phenoxy) is 1. The molecule has 35 heavy (non-hydrogen) atoms. The van der Waals surface area contributed by atoms with E-state index >= 15 is 0 Å². The van der Waals surface area contributed by atoms with Gasteiger partial charge in [-0.15, -0.1) is 10.2 Å². The van der Waals surface area contributed by atoms with Crippen LogP contribution in [0.5, 0.6) is 0 Å². The van der Waals surface area contributed by atoms with E-state index in [0.717, 1.165) is 5.56 Å². The van der Waals surface area contributed by atoms with Gasteiger partial charge in [0, 0.05) is 16.8 Å². The Balaban J connectivity index is 2.10. The van der Waals surface area contributed by atoms with Gasteiger partial charge < -0.3 is 20.3 Å². The van der Waals surface area contributed by atoms with Crippen molar-refractivity contribution in [1.29, 1.82) is 0 Å². The zero-order valence-corrected chi connectivity index (χ0v) is 19.1. The number of para-hydroxylation sites is 1. The number of hydrogen-bond acceptors (Lipinski definition) is 8. The van der Waals surface area contributed by atoms with Crippen LogP contribution in [-0.2, 0) is 9.53 Å². The molecule has 0 saturated carbocycles. The molecule has 0 fully saturated rings. The van der Waals surface area contributed by atoms with E-state index in [9.17, 15) is 19.5 Å². The van der Waals surface area contributed by atoms with Gasteiger partial charge >= 0.3 is 5.97 Å². The third kappa shape index (κ3) is 6.24. The summed E-state index contributed by atoms with van der Waals surface area (Å²) in [5.74, 6) is -2.54. The van der Waals surface area contributed by atoms with E-state index in [1.807, 2.05) is 6.92 Å². The maximum Gasteiger partial charge on any atom is 0.340 e. The maximum absolute atomic E-state index is 13.1. The highest BCUT2D eigenvalue weighted by Gasteiger charge is 2.19. The Morgan fingerprint density at radius 1 is 0.943 bits per heavy atom. The molecule has 0 bridgehead atoms. The van der Waals surface area contributed by atoms with Crippen LogP contribution in [0.4, 0.5) is 11.4 Å². The number of azo groups is 1. The molecular formula is C26H23N3O6. The summed E-state index contributed by atoms with van der Waals surface area (Å²) in [5.41, 5.74) is 1.29. The first kappa shape index (κ1) is 25.0. The minimum Gasteiger partial charge on any atom is -0.505 e. The van der Waals surface area contributed by atoms with Gasteiger partial charge in [-0.05, 0) is 31.2 Å². The summed E-state index contributed by atoms with van der Waals surface area (Å²) in [5, 5.41) is 30.6. The Morgan fingerprint density at radius 2 is 1.60 bits per heavy atom. The van der Waals surface area contributed by atoms with Gasteiger partial charge in [0.1, 0.15) is 12.3 Å². The molecular weight excluding hydrogens is 450 g/mol. The number of esters is 1. The predicted octanol–water partition coefficient (Wildman–Crippen LogP) is 4.61. The fourth-order valence-electron chi connectivity index (χ4n) is 3.03. The second kappa shape index (κ2) is 11.5. The number of rotatable bonds is 8. The van der Waals surface area contributed by atoms with Crippen LogP contribution >= 0.6 is 0 Å². The molecule has 3 N–H and O–H groups in total. The molecule has 0 aromatic heterocycles. The van der Waals surface area contributed by atoms with Gasteiger partial charge in [-0.1, -0.05) is 54.1 Å². The number of ketones is 1. The normalized spacial score (nSPS) is 11.6. The molecule has 0 aliphatic rings. The lowest BCUT2D eigenvalue weighted by Crippen LogP contribution is -2.15. The standard InChI is InChI=1S/C26H23N3O6/c1-16-8-10-17(11-9-16)24(32)23(25(33)27-19-6-4-3-5-7-19)29-28-21-14-18(22(31)15-30)12-13-20(21)26(34)35-2/h3-14,30,32H,15H2,1-2H3,(H,27,33). The molecule has 9 nitrogen and oxygen atoms in total. The van der Waals surface area contributed by atoms with Crippen molar-refractivity contribution in [2.24, 2.45) is 10.2 Å². The fourth-order valence-corrected chi connectivity index (χ4v) is 3.03. The van der Waals surface area contributed by atoms with Crippen LogP contribution in [0.1, 0.15) is 31.8 Å². The number of anilines is 1. The molecule has 0 heterocycles. The molecule has 0 aliphatic carbocycles. The third-order valence-electron chi connectivity index (χ3n) is 4.92. The van der Waals surface area contributed by atoms with Crippen molar-refractivity contribution in [2.45, 2.75) is 6.92 Å². The van der Waals surface area contributed by atoms with E-state index in [1.54, 1.807) is 54.6 Å². The number of nitrogens with zero attached hydrogens (tertiary/aromatic N) is 2. The monoisotopic (exact) mass is 473 g/mol. The van der Waals surface area contributed by atoms with E-state index < -0.39 is 35.7 Å². The summed E-state index contributed by atoms with van der Waals surface area (Å²) in [6.07, 6.45) is 0. The number of hydrogen-bond donors (Lipinski definition) is 3. The average Bonchev–Trinajstić information content (AvgIpc) is 2.88. The van der Waals surface area contributed by atoms with Crippen molar-refractivity contribution < 1.29 is 29.3 Å². The molecule has 3 aromatic carbocycles. The quantitative estimate of drug-likeness (QED) is 0.144. The Labute approximate surface area is 201 Å². The number of Topliss-reactive ketones (excluding diaryl/α,β-unsaturated/α-hetero) is 1. The fraction of sp³-hybridized carbons (Fsp3) is 0.115. The Hall–Kier alpha value is -4.63. The lowest BCUT2D eigenvalue weighted by Gasteiger charge is -2.09. The molecule has 0 radical (unpaired) electrons. The lowest BCUT2D eigenvalue weighted by atomic mass is 10.1. The van der Waals surface area contributed by atoms with Crippen LogP contribution < -0.4 is 5.32 Å². The first-order valence-corrected chi connectivity index (χ1v) is 10.5. The average molecular weight is 473 g/mol. The topological polar surface area (TPSA) is 138 Å². The third-order valence-corrected chi connectivity index (χ3v) is 4.92. The van der Waals surface area contributed by atoms with Crippen molar-refractivity contribution in [3.8, 4) is 0 Å². The zero-order valence-electron chi connectivity index (χ0n) is 19.1. The summed E-state index contributed by atoms with van der Waals surface area (Å²) in [6.45, 7) is 1.13. The van der Waals surface area contributed by atoms with Crippen LogP contribution in [0.15, 0.2) is 88.7 Å². The van der Waals surface area contributed by atoms with Crippen LogP contribution in [0, 0.1) is 6.92 Å². The van der Waals surface area contributed by atoms with Gasteiger partial charge in [0.2, 0.25) is 0 Å². The molecule has 3 rings (SSSR count). The summed E-state index contributed by atoms with van der Waals surface area (Å²) in [7, 11) is 1.18. The van der Waals surface area contributed by atoms with Crippen molar-refractivity contribution in [3.05, 3.63) is 101 Å². The largest absolute Gasteiger partial charge is 0.505 e. The molecule has 0 unspecified atom stereocenters. The van der Waals surface area contributed by atoms with Crippen LogP contribution in [0.2, 0.25) is 0 Å². The first-order valence-electron chi connectivity index (χ1n) is 10.5. The van der Waals surface area contributed by atoms with Gasteiger partial charge in [-0.25, -0.2) is 4.79 Å². The van der Waals surface area contributed by atoms with Crippen molar-refractivity contribution >= 4 is 34.8 Å². The SMILES string of the molecule is COC(=O)c1ccc(C(=O)CO)cc1N=NC(C(=O)Nc1ccccc1)=C(O)c1ccc(C)cc1. The number of benzene rings is 3. The number of carbonyl (C=O) groups is 3. The van der Waals surface area contributed by atoms with Crippen LogP contribution in [0.25, 0.3) is 5.76 Å². The number of carbonyl (C=O) groups excluding carboxylic acids is 3. The number of aliphatic hydroxyl groups excluding tert-OH is 2. The summed E-state index contributed by atoms with van der Waals surface area (Å²) >= 11 is 0. The second-order valence-corrected chi connectivity index (χ2v) is 7.39. The van der Waals surface area contributed by atoms with E-state index in [2.05, 4.69) is 15.5 Å². The molecule has 0 atom stereocenters. The Kier molecular flexibility index (Phi) is 8.20. The second-order valence-electron chi connectivity index (χ2n) is 7.39. The van der Waals surface area contributed by atoms with Crippen LogP contribution in [0.3, 0.4) is 0 Å². The van der Waals surface area contributed by atoms with Gasteiger partial charge in [-0.2, -0.15) is 0 Å². The van der Waals surface area contributed by atoms with E-state index in [4.69, 9.17) is 9.84 Å². The first-order chi connectivity index (χ1) is 16.8. The highest BCUT2D eigenvalue weighted by atomic mass is 16.5. The Bertz CT molecular complexity index is 1300.